The van der Waals surface area contributed by atoms with E-state index in [9.17, 15) is 33.9 Å². The van der Waals surface area contributed by atoms with Crippen LogP contribution in [0.5, 0.6) is 0 Å². The Kier molecular flexibility index (Phi) is 11.8. The number of carbonyl (C=O) groups excluding carboxylic acids is 4. The number of nitrogens with two attached hydrogens (primary N) is 2. The summed E-state index contributed by atoms with van der Waals surface area (Å²) >= 11 is 0. The molecule has 13 nitrogen and oxygen atoms in total. The number of amides is 4. The minimum absolute atomic E-state index is 0.0700. The number of carboxylic acids is 2. The third kappa shape index (κ3) is 11.5. The molecule has 0 radical (unpaired) electrons. The molecule has 31 heavy (non-hydrogen) atoms. The van der Waals surface area contributed by atoms with Gasteiger partial charge in [-0.1, -0.05) is 13.8 Å². The molecule has 0 aromatic rings. The second-order valence-corrected chi connectivity index (χ2v) is 7.54. The van der Waals surface area contributed by atoms with Gasteiger partial charge >= 0.3 is 11.9 Å². The van der Waals surface area contributed by atoms with Gasteiger partial charge in [-0.05, 0) is 25.7 Å². The fourth-order valence-electron chi connectivity index (χ4n) is 2.49. The molecule has 0 bridgehead atoms. The van der Waals surface area contributed by atoms with E-state index in [2.05, 4.69) is 16.0 Å². The van der Waals surface area contributed by atoms with E-state index < -0.39 is 72.6 Å². The zero-order valence-corrected chi connectivity index (χ0v) is 17.7. The first kappa shape index (κ1) is 27.8. The summed E-state index contributed by atoms with van der Waals surface area (Å²) in [6.45, 7) is 4.85. The normalized spacial score (nSPS) is 14.6. The highest BCUT2D eigenvalue weighted by Crippen LogP contribution is 2.07. The van der Waals surface area contributed by atoms with Gasteiger partial charge in [-0.2, -0.15) is 0 Å². The number of hydrogen-bond acceptors (Lipinski definition) is 7. The highest BCUT2D eigenvalue weighted by molar-refractivity contribution is 5.96. The van der Waals surface area contributed by atoms with Crippen LogP contribution in [0.25, 0.3) is 0 Å². The standard InChI is InChI=1S/C18H31N5O8/c1-8(2)6-12(18(30)31)23-17(29)11(7-13(20)24)22-16(28)10(4-5-14(25)26)21-15(27)9(3)19/h8-12H,4-7,19H2,1-3H3,(H2,20,24)(H,21,27)(H,22,28)(H,23,29)(H,25,26)(H,30,31). The maximum absolute atomic E-state index is 12.6. The van der Waals surface area contributed by atoms with Crippen molar-refractivity contribution in [2.45, 2.75) is 70.6 Å². The van der Waals surface area contributed by atoms with Crippen molar-refractivity contribution in [3.63, 3.8) is 0 Å². The van der Waals surface area contributed by atoms with E-state index in [1.54, 1.807) is 13.8 Å². The van der Waals surface area contributed by atoms with Crippen LogP contribution in [-0.4, -0.2) is 69.9 Å². The molecule has 0 aromatic heterocycles. The Morgan fingerprint density at radius 2 is 1.29 bits per heavy atom. The minimum atomic E-state index is -1.53. The Morgan fingerprint density at radius 3 is 1.71 bits per heavy atom. The number of primary amides is 1. The predicted molar refractivity (Wildman–Crippen MR) is 107 cm³/mol. The molecular formula is C18H31N5O8. The zero-order valence-electron chi connectivity index (χ0n) is 17.7. The van der Waals surface area contributed by atoms with Crippen molar-refractivity contribution in [1.29, 1.82) is 0 Å². The van der Waals surface area contributed by atoms with Crippen LogP contribution in [0.2, 0.25) is 0 Å². The highest BCUT2D eigenvalue weighted by atomic mass is 16.4. The summed E-state index contributed by atoms with van der Waals surface area (Å²) in [5.41, 5.74) is 10.6. The van der Waals surface area contributed by atoms with Gasteiger partial charge in [-0.25, -0.2) is 4.79 Å². The third-order valence-electron chi connectivity index (χ3n) is 4.05. The second kappa shape index (κ2) is 13.2. The Balaban J connectivity index is 5.49. The number of carboxylic acid groups (broad SMARTS) is 2. The van der Waals surface area contributed by atoms with Gasteiger partial charge in [0.2, 0.25) is 23.6 Å². The molecule has 0 saturated carbocycles. The lowest BCUT2D eigenvalue weighted by Gasteiger charge is -2.24. The summed E-state index contributed by atoms with van der Waals surface area (Å²) in [7, 11) is 0. The van der Waals surface area contributed by atoms with Gasteiger partial charge in [0.15, 0.2) is 0 Å². The molecule has 0 rings (SSSR count). The van der Waals surface area contributed by atoms with Gasteiger partial charge in [0, 0.05) is 6.42 Å². The molecule has 9 N–H and O–H groups in total. The third-order valence-corrected chi connectivity index (χ3v) is 4.05. The van der Waals surface area contributed by atoms with Crippen molar-refractivity contribution in [3.05, 3.63) is 0 Å². The molecule has 0 heterocycles. The topological polar surface area (TPSA) is 231 Å². The Hall–Kier alpha value is -3.22. The van der Waals surface area contributed by atoms with Crippen LogP contribution in [0.4, 0.5) is 0 Å². The van der Waals surface area contributed by atoms with Crippen molar-refractivity contribution in [2.75, 3.05) is 0 Å². The molecule has 4 atom stereocenters. The average Bonchev–Trinajstić information content (AvgIpc) is 2.62. The summed E-state index contributed by atoms with van der Waals surface area (Å²) in [6.07, 6.45) is -1.32. The molecule has 4 amide bonds. The largest absolute Gasteiger partial charge is 0.481 e. The SMILES string of the molecule is CC(C)CC(NC(=O)C(CC(N)=O)NC(=O)C(CCC(=O)O)NC(=O)C(C)N)C(=O)O. The summed E-state index contributed by atoms with van der Waals surface area (Å²) < 4.78 is 0. The second-order valence-electron chi connectivity index (χ2n) is 7.54. The minimum Gasteiger partial charge on any atom is -0.481 e. The van der Waals surface area contributed by atoms with E-state index in [1.807, 2.05) is 0 Å². The summed E-state index contributed by atoms with van der Waals surface area (Å²) in [5.74, 6) is -6.18. The summed E-state index contributed by atoms with van der Waals surface area (Å²) in [6, 6.07) is -5.14. The number of carbonyl (C=O) groups is 6. The lowest BCUT2D eigenvalue weighted by atomic mass is 10.0. The van der Waals surface area contributed by atoms with Crippen molar-refractivity contribution in [3.8, 4) is 0 Å². The summed E-state index contributed by atoms with van der Waals surface area (Å²) in [5, 5.41) is 24.9. The summed E-state index contributed by atoms with van der Waals surface area (Å²) in [4.78, 5) is 70.5. The van der Waals surface area contributed by atoms with E-state index in [0.717, 1.165) is 0 Å². The van der Waals surface area contributed by atoms with Crippen LogP contribution in [-0.2, 0) is 28.8 Å². The number of rotatable bonds is 14. The highest BCUT2D eigenvalue weighted by Gasteiger charge is 2.31. The van der Waals surface area contributed by atoms with Gasteiger partial charge in [-0.15, -0.1) is 0 Å². The number of nitrogens with one attached hydrogen (secondary N) is 3. The van der Waals surface area contributed by atoms with Gasteiger partial charge in [0.05, 0.1) is 12.5 Å². The van der Waals surface area contributed by atoms with Crippen LogP contribution in [0.3, 0.4) is 0 Å². The molecule has 4 unspecified atom stereocenters. The van der Waals surface area contributed by atoms with Crippen LogP contribution in [0.1, 0.15) is 46.5 Å². The number of hydrogen-bond donors (Lipinski definition) is 7. The Bertz CT molecular complexity index is 694. The first-order valence-electron chi connectivity index (χ1n) is 9.64. The maximum atomic E-state index is 12.6. The maximum Gasteiger partial charge on any atom is 0.326 e. The lowest BCUT2D eigenvalue weighted by molar-refractivity contribution is -0.143. The van der Waals surface area contributed by atoms with E-state index >= 15 is 0 Å². The molecule has 176 valence electrons. The van der Waals surface area contributed by atoms with Gasteiger partial charge in [0.1, 0.15) is 18.1 Å². The fraction of sp³-hybridized carbons (Fsp3) is 0.667. The van der Waals surface area contributed by atoms with Crippen LogP contribution in [0.15, 0.2) is 0 Å². The Morgan fingerprint density at radius 1 is 0.806 bits per heavy atom. The van der Waals surface area contributed by atoms with E-state index in [1.165, 1.54) is 6.92 Å². The van der Waals surface area contributed by atoms with Gasteiger partial charge in [0.25, 0.3) is 0 Å². The van der Waals surface area contributed by atoms with E-state index in [-0.39, 0.29) is 18.8 Å². The monoisotopic (exact) mass is 445 g/mol. The smallest absolute Gasteiger partial charge is 0.326 e. The molecule has 0 aliphatic rings. The average molecular weight is 445 g/mol. The van der Waals surface area contributed by atoms with Gasteiger partial charge < -0.3 is 37.6 Å². The van der Waals surface area contributed by atoms with E-state index in [0.29, 0.717) is 0 Å². The van der Waals surface area contributed by atoms with Crippen LogP contribution < -0.4 is 27.4 Å². The van der Waals surface area contributed by atoms with Crippen LogP contribution >= 0.6 is 0 Å². The van der Waals surface area contributed by atoms with Crippen molar-refractivity contribution < 1.29 is 39.0 Å². The van der Waals surface area contributed by atoms with Crippen molar-refractivity contribution >= 4 is 35.6 Å². The molecule has 0 aliphatic heterocycles. The fourth-order valence-corrected chi connectivity index (χ4v) is 2.49. The molecule has 13 heteroatoms. The van der Waals surface area contributed by atoms with Crippen molar-refractivity contribution in [1.82, 2.24) is 16.0 Å². The molecular weight excluding hydrogens is 414 g/mol. The molecule has 0 fully saturated rings. The quantitative estimate of drug-likeness (QED) is 0.151. The van der Waals surface area contributed by atoms with Crippen LogP contribution in [0, 0.1) is 5.92 Å². The molecule has 0 spiro atoms. The Labute approximate surface area is 179 Å². The zero-order chi connectivity index (χ0) is 24.3. The lowest BCUT2D eigenvalue weighted by Crippen LogP contribution is -2.57. The van der Waals surface area contributed by atoms with E-state index in [4.69, 9.17) is 16.6 Å². The molecule has 0 aliphatic carbocycles. The first-order valence-corrected chi connectivity index (χ1v) is 9.64. The molecule has 0 saturated heterocycles. The molecule has 0 aromatic carbocycles. The van der Waals surface area contributed by atoms with Gasteiger partial charge in [-0.3, -0.25) is 24.0 Å². The predicted octanol–water partition coefficient (Wildman–Crippen LogP) is -2.34. The van der Waals surface area contributed by atoms with Crippen molar-refractivity contribution in [2.24, 2.45) is 17.4 Å². The number of aliphatic carboxylic acids is 2. The first-order chi connectivity index (χ1) is 14.2.